The number of ether oxygens (including phenoxy) is 1. The van der Waals surface area contributed by atoms with Gasteiger partial charge in [-0.25, -0.2) is 0 Å². The molecular formula is C11H12ClNO2. The minimum atomic E-state index is -0.0415. The minimum Gasteiger partial charge on any atom is -0.369 e. The predicted octanol–water partition coefficient (Wildman–Crippen LogP) is 1.40. The monoisotopic (exact) mass is 225 g/mol. The van der Waals surface area contributed by atoms with Crippen LogP contribution < -0.4 is 5.32 Å². The third kappa shape index (κ3) is 2.94. The SMILES string of the molecule is O=C1COCC(Cc2ccc(Cl)cc2)N1. The molecule has 2 rings (SSSR count). The molecule has 4 heteroatoms. The van der Waals surface area contributed by atoms with E-state index in [1.165, 1.54) is 0 Å². The van der Waals surface area contributed by atoms with Crippen LogP contribution in [0.25, 0.3) is 0 Å². The van der Waals surface area contributed by atoms with Crippen LogP contribution in [-0.2, 0) is 16.0 Å². The van der Waals surface area contributed by atoms with E-state index in [1.54, 1.807) is 0 Å². The van der Waals surface area contributed by atoms with Crippen molar-refractivity contribution in [3.05, 3.63) is 34.9 Å². The Morgan fingerprint density at radius 1 is 1.40 bits per heavy atom. The molecule has 1 amide bonds. The van der Waals surface area contributed by atoms with E-state index >= 15 is 0 Å². The molecule has 1 aromatic rings. The summed E-state index contributed by atoms with van der Waals surface area (Å²) in [6, 6.07) is 7.70. The number of carbonyl (C=O) groups is 1. The molecule has 3 nitrogen and oxygen atoms in total. The van der Waals surface area contributed by atoms with Crippen LogP contribution in [0, 0.1) is 0 Å². The topological polar surface area (TPSA) is 38.3 Å². The molecule has 0 spiro atoms. The van der Waals surface area contributed by atoms with Gasteiger partial charge in [-0.05, 0) is 24.1 Å². The van der Waals surface area contributed by atoms with Crippen molar-refractivity contribution < 1.29 is 9.53 Å². The molecule has 1 heterocycles. The first kappa shape index (κ1) is 10.5. The Kier molecular flexibility index (Phi) is 3.23. The summed E-state index contributed by atoms with van der Waals surface area (Å²) in [6.07, 6.45) is 0.781. The number of rotatable bonds is 2. The van der Waals surface area contributed by atoms with Gasteiger partial charge in [-0.1, -0.05) is 23.7 Å². The highest BCUT2D eigenvalue weighted by molar-refractivity contribution is 6.30. The van der Waals surface area contributed by atoms with E-state index < -0.39 is 0 Å². The van der Waals surface area contributed by atoms with Crippen molar-refractivity contribution in [3.8, 4) is 0 Å². The number of morpholine rings is 1. The van der Waals surface area contributed by atoms with Gasteiger partial charge in [-0.2, -0.15) is 0 Å². The Labute approximate surface area is 93.4 Å². The maximum absolute atomic E-state index is 11.1. The largest absolute Gasteiger partial charge is 0.369 e. The van der Waals surface area contributed by atoms with Gasteiger partial charge in [0.15, 0.2) is 0 Å². The van der Waals surface area contributed by atoms with E-state index in [0.717, 1.165) is 17.0 Å². The van der Waals surface area contributed by atoms with Crippen molar-refractivity contribution in [1.29, 1.82) is 0 Å². The molecule has 80 valence electrons. The maximum atomic E-state index is 11.1. The average Bonchev–Trinajstić information content (AvgIpc) is 2.22. The average molecular weight is 226 g/mol. The van der Waals surface area contributed by atoms with Crippen LogP contribution in [0.3, 0.4) is 0 Å². The van der Waals surface area contributed by atoms with E-state index in [-0.39, 0.29) is 18.6 Å². The van der Waals surface area contributed by atoms with Gasteiger partial charge < -0.3 is 10.1 Å². The summed E-state index contributed by atoms with van der Waals surface area (Å²) in [5.41, 5.74) is 1.15. The molecular weight excluding hydrogens is 214 g/mol. The number of amides is 1. The number of nitrogens with one attached hydrogen (secondary N) is 1. The fourth-order valence-corrected chi connectivity index (χ4v) is 1.75. The lowest BCUT2D eigenvalue weighted by Gasteiger charge is -2.23. The lowest BCUT2D eigenvalue weighted by molar-refractivity contribution is -0.131. The molecule has 0 saturated carbocycles. The van der Waals surface area contributed by atoms with Crippen LogP contribution in [0.15, 0.2) is 24.3 Å². The zero-order chi connectivity index (χ0) is 10.7. The Hall–Kier alpha value is -1.06. The zero-order valence-electron chi connectivity index (χ0n) is 8.20. The first-order valence-electron chi connectivity index (χ1n) is 4.85. The highest BCUT2D eigenvalue weighted by Crippen LogP contribution is 2.11. The second kappa shape index (κ2) is 4.64. The molecule has 0 bridgehead atoms. The molecule has 1 unspecified atom stereocenters. The number of hydrogen-bond donors (Lipinski definition) is 1. The second-order valence-electron chi connectivity index (χ2n) is 3.61. The third-order valence-corrected chi connectivity index (χ3v) is 2.56. The van der Waals surface area contributed by atoms with Gasteiger partial charge in [-0.3, -0.25) is 4.79 Å². The summed E-state index contributed by atoms with van der Waals surface area (Å²) < 4.78 is 5.15. The number of benzene rings is 1. The van der Waals surface area contributed by atoms with Crippen LogP contribution in [0.4, 0.5) is 0 Å². The van der Waals surface area contributed by atoms with E-state index in [4.69, 9.17) is 16.3 Å². The first-order chi connectivity index (χ1) is 7.24. The Morgan fingerprint density at radius 3 is 2.80 bits per heavy atom. The van der Waals surface area contributed by atoms with Gasteiger partial charge in [0.2, 0.25) is 5.91 Å². The summed E-state index contributed by atoms with van der Waals surface area (Å²) in [6.45, 7) is 0.755. The van der Waals surface area contributed by atoms with E-state index in [9.17, 15) is 4.79 Å². The van der Waals surface area contributed by atoms with Crippen molar-refractivity contribution >= 4 is 17.5 Å². The van der Waals surface area contributed by atoms with Crippen LogP contribution in [-0.4, -0.2) is 25.2 Å². The van der Waals surface area contributed by atoms with E-state index in [2.05, 4.69) is 5.32 Å². The number of halogens is 1. The van der Waals surface area contributed by atoms with Gasteiger partial charge in [0.1, 0.15) is 6.61 Å². The van der Waals surface area contributed by atoms with Gasteiger partial charge in [-0.15, -0.1) is 0 Å². The van der Waals surface area contributed by atoms with E-state index in [1.807, 2.05) is 24.3 Å². The van der Waals surface area contributed by atoms with Gasteiger partial charge >= 0.3 is 0 Å². The smallest absolute Gasteiger partial charge is 0.246 e. The Balaban J connectivity index is 1.96. The molecule has 15 heavy (non-hydrogen) atoms. The quantitative estimate of drug-likeness (QED) is 0.826. The predicted molar refractivity (Wildman–Crippen MR) is 57.9 cm³/mol. The summed E-state index contributed by atoms with van der Waals surface area (Å²) in [7, 11) is 0. The first-order valence-corrected chi connectivity index (χ1v) is 5.23. The van der Waals surface area contributed by atoms with Crippen molar-refractivity contribution in [3.63, 3.8) is 0 Å². The number of hydrogen-bond acceptors (Lipinski definition) is 2. The van der Waals surface area contributed by atoms with Gasteiger partial charge in [0.25, 0.3) is 0 Å². The molecule has 1 aliphatic rings. The fraction of sp³-hybridized carbons (Fsp3) is 0.364. The molecule has 1 N–H and O–H groups in total. The summed E-state index contributed by atoms with van der Waals surface area (Å²) in [5.74, 6) is -0.0415. The fourth-order valence-electron chi connectivity index (χ4n) is 1.62. The highest BCUT2D eigenvalue weighted by Gasteiger charge is 2.18. The normalized spacial score (nSPS) is 21.1. The van der Waals surface area contributed by atoms with Crippen molar-refractivity contribution in [2.75, 3.05) is 13.2 Å². The third-order valence-electron chi connectivity index (χ3n) is 2.31. The summed E-state index contributed by atoms with van der Waals surface area (Å²) in [5, 5.41) is 3.61. The Morgan fingerprint density at radius 2 is 2.13 bits per heavy atom. The van der Waals surface area contributed by atoms with Crippen molar-refractivity contribution in [1.82, 2.24) is 5.32 Å². The van der Waals surface area contributed by atoms with Gasteiger partial charge in [0.05, 0.1) is 12.6 Å². The maximum Gasteiger partial charge on any atom is 0.246 e. The molecule has 0 aromatic heterocycles. The lowest BCUT2D eigenvalue weighted by Crippen LogP contribution is -2.46. The second-order valence-corrected chi connectivity index (χ2v) is 4.05. The zero-order valence-corrected chi connectivity index (χ0v) is 8.96. The van der Waals surface area contributed by atoms with Crippen molar-refractivity contribution in [2.45, 2.75) is 12.5 Å². The molecule has 0 aliphatic carbocycles. The van der Waals surface area contributed by atoms with Crippen LogP contribution in [0.2, 0.25) is 5.02 Å². The molecule has 0 radical (unpaired) electrons. The summed E-state index contributed by atoms with van der Waals surface area (Å²) in [4.78, 5) is 11.1. The van der Waals surface area contributed by atoms with Crippen LogP contribution in [0.1, 0.15) is 5.56 Å². The molecule has 1 saturated heterocycles. The Bertz CT molecular complexity index is 350. The molecule has 1 fully saturated rings. The molecule has 1 aliphatic heterocycles. The number of carbonyl (C=O) groups excluding carboxylic acids is 1. The standard InChI is InChI=1S/C11H12ClNO2/c12-9-3-1-8(2-4-9)5-10-6-15-7-11(14)13-10/h1-4,10H,5-7H2,(H,13,14). The highest BCUT2D eigenvalue weighted by atomic mass is 35.5. The van der Waals surface area contributed by atoms with Crippen LogP contribution >= 0.6 is 11.6 Å². The molecule has 1 atom stereocenters. The minimum absolute atomic E-state index is 0.0415. The molecule has 1 aromatic carbocycles. The van der Waals surface area contributed by atoms with E-state index in [0.29, 0.717) is 6.61 Å². The lowest BCUT2D eigenvalue weighted by atomic mass is 10.1. The van der Waals surface area contributed by atoms with Crippen LogP contribution in [0.5, 0.6) is 0 Å². The van der Waals surface area contributed by atoms with Gasteiger partial charge in [0, 0.05) is 5.02 Å². The van der Waals surface area contributed by atoms with Crippen molar-refractivity contribution in [2.24, 2.45) is 0 Å². The summed E-state index contributed by atoms with van der Waals surface area (Å²) >= 11 is 5.78.